The van der Waals surface area contributed by atoms with E-state index in [1.165, 1.54) is 0 Å². The summed E-state index contributed by atoms with van der Waals surface area (Å²) in [4.78, 5) is 0.228. The molecule has 0 unspecified atom stereocenters. The van der Waals surface area contributed by atoms with E-state index in [0.717, 1.165) is 50.9 Å². The number of ether oxygens (including phenoxy) is 2. The van der Waals surface area contributed by atoms with Crippen LogP contribution < -0.4 is 0 Å². The number of hydrogen-bond donors (Lipinski definition) is 0. The largest absolute Gasteiger partial charge is 0.352 e. The lowest BCUT2D eigenvalue weighted by Gasteiger charge is -2.37. The molecule has 0 radical (unpaired) electrons. The molecule has 0 atom stereocenters. The van der Waals surface area contributed by atoms with Gasteiger partial charge in [-0.25, -0.2) is 0 Å². The molecule has 146 valence electrons. The number of benzene rings is 1. The van der Waals surface area contributed by atoms with Crippen molar-refractivity contribution in [2.75, 3.05) is 19.8 Å². The molecule has 0 N–H and O–H groups in total. The van der Waals surface area contributed by atoms with E-state index in [1.54, 1.807) is 24.3 Å². The van der Waals surface area contributed by atoms with E-state index in [0.29, 0.717) is 11.8 Å². The van der Waals surface area contributed by atoms with E-state index in [2.05, 4.69) is 6.92 Å². The van der Waals surface area contributed by atoms with Crippen molar-refractivity contribution in [2.45, 2.75) is 57.1 Å². The molecule has 1 saturated carbocycles. The molecule has 1 aliphatic carbocycles. The third-order valence-corrected chi connectivity index (χ3v) is 6.91. The van der Waals surface area contributed by atoms with Crippen LogP contribution >= 0.6 is 0 Å². The lowest BCUT2D eigenvalue weighted by atomic mass is 9.82. The summed E-state index contributed by atoms with van der Waals surface area (Å²) in [6.45, 7) is 5.93. The zero-order valence-electron chi connectivity index (χ0n) is 15.7. The smallest absolute Gasteiger partial charge is 0.296 e. The van der Waals surface area contributed by atoms with Gasteiger partial charge in [-0.05, 0) is 57.1 Å². The summed E-state index contributed by atoms with van der Waals surface area (Å²) >= 11 is 0. The topological polar surface area (TPSA) is 61.8 Å². The first-order valence-electron chi connectivity index (χ1n) is 9.67. The number of aryl methyl sites for hydroxylation is 1. The first kappa shape index (κ1) is 19.8. The fourth-order valence-electron chi connectivity index (χ4n) is 3.65. The first-order valence-corrected chi connectivity index (χ1v) is 11.1. The Morgan fingerprint density at radius 1 is 1.00 bits per heavy atom. The summed E-state index contributed by atoms with van der Waals surface area (Å²) < 4.78 is 41.7. The van der Waals surface area contributed by atoms with Gasteiger partial charge in [-0.3, -0.25) is 4.18 Å². The molecular weight excluding hydrogens is 352 g/mol. The van der Waals surface area contributed by atoms with Gasteiger partial charge in [0.05, 0.1) is 24.7 Å². The Labute approximate surface area is 157 Å². The van der Waals surface area contributed by atoms with Crippen LogP contribution in [-0.2, 0) is 23.8 Å². The van der Waals surface area contributed by atoms with Gasteiger partial charge in [0.25, 0.3) is 10.1 Å². The van der Waals surface area contributed by atoms with Gasteiger partial charge in [0.15, 0.2) is 6.29 Å². The maximum absolute atomic E-state index is 12.3. The van der Waals surface area contributed by atoms with Crippen LogP contribution in [0.25, 0.3) is 0 Å². The second-order valence-corrected chi connectivity index (χ2v) is 9.26. The summed E-state index contributed by atoms with van der Waals surface area (Å²) in [6, 6.07) is 6.77. The highest BCUT2D eigenvalue weighted by molar-refractivity contribution is 7.86. The van der Waals surface area contributed by atoms with E-state index in [-0.39, 0.29) is 23.7 Å². The molecule has 26 heavy (non-hydrogen) atoms. The zero-order chi connectivity index (χ0) is 18.6. The van der Waals surface area contributed by atoms with Gasteiger partial charge >= 0.3 is 0 Å². The predicted octanol–water partition coefficient (Wildman–Crippen LogP) is 3.91. The molecule has 1 heterocycles. The normalized spacial score (nSPS) is 30.2. The Hall–Kier alpha value is -0.950. The second-order valence-electron chi connectivity index (χ2n) is 7.64. The summed E-state index contributed by atoms with van der Waals surface area (Å²) in [5, 5.41) is 0. The van der Waals surface area contributed by atoms with Crippen molar-refractivity contribution in [3.8, 4) is 0 Å². The highest BCUT2D eigenvalue weighted by atomic mass is 32.2. The van der Waals surface area contributed by atoms with Crippen LogP contribution in [0.4, 0.5) is 0 Å². The Bertz CT molecular complexity index is 654. The second kappa shape index (κ2) is 8.83. The molecule has 6 heteroatoms. The van der Waals surface area contributed by atoms with Crippen molar-refractivity contribution in [3.63, 3.8) is 0 Å². The van der Waals surface area contributed by atoms with Gasteiger partial charge < -0.3 is 9.47 Å². The first-order chi connectivity index (χ1) is 12.5. The van der Waals surface area contributed by atoms with Crippen LogP contribution in [0, 0.1) is 24.7 Å². The van der Waals surface area contributed by atoms with Crippen molar-refractivity contribution >= 4 is 10.1 Å². The van der Waals surface area contributed by atoms with Gasteiger partial charge in [0, 0.05) is 11.8 Å². The van der Waals surface area contributed by atoms with Gasteiger partial charge in [-0.1, -0.05) is 24.6 Å². The summed E-state index contributed by atoms with van der Waals surface area (Å²) in [5.41, 5.74) is 1.03. The van der Waals surface area contributed by atoms with Crippen LogP contribution in [-0.4, -0.2) is 34.5 Å². The van der Waals surface area contributed by atoms with Crippen LogP contribution in [0.3, 0.4) is 0 Å². The molecule has 1 aromatic rings. The average Bonchev–Trinajstić information content (AvgIpc) is 2.67. The molecular formula is C20H30O5S. The van der Waals surface area contributed by atoms with Crippen molar-refractivity contribution in [1.29, 1.82) is 0 Å². The lowest BCUT2D eigenvalue weighted by Crippen LogP contribution is -2.38. The Morgan fingerprint density at radius 3 is 2.19 bits per heavy atom. The van der Waals surface area contributed by atoms with Crippen molar-refractivity contribution < 1.29 is 22.1 Å². The van der Waals surface area contributed by atoms with E-state index in [9.17, 15) is 8.42 Å². The predicted molar refractivity (Wildman–Crippen MR) is 99.2 cm³/mol. The van der Waals surface area contributed by atoms with Crippen LogP contribution in [0.2, 0.25) is 0 Å². The average molecular weight is 383 g/mol. The SMILES string of the molecule is CCC1COC(C2CCC(COS(=O)(=O)c3ccc(C)cc3)CC2)OC1. The number of hydrogen-bond acceptors (Lipinski definition) is 5. The minimum absolute atomic E-state index is 0.0871. The van der Waals surface area contributed by atoms with E-state index >= 15 is 0 Å². The fourth-order valence-corrected chi connectivity index (χ4v) is 4.63. The van der Waals surface area contributed by atoms with Crippen LogP contribution in [0.1, 0.15) is 44.6 Å². The molecule has 5 nitrogen and oxygen atoms in total. The summed E-state index contributed by atoms with van der Waals surface area (Å²) in [6.07, 6.45) is 4.91. The molecule has 0 bridgehead atoms. The van der Waals surface area contributed by atoms with Crippen LogP contribution in [0.5, 0.6) is 0 Å². The van der Waals surface area contributed by atoms with Crippen molar-refractivity contribution in [1.82, 2.24) is 0 Å². The highest BCUT2D eigenvalue weighted by Crippen LogP contribution is 2.34. The zero-order valence-corrected chi connectivity index (χ0v) is 16.5. The van der Waals surface area contributed by atoms with E-state index in [1.807, 2.05) is 6.92 Å². The Balaban J connectivity index is 1.43. The molecule has 1 aromatic carbocycles. The summed E-state index contributed by atoms with van der Waals surface area (Å²) in [7, 11) is -3.67. The lowest BCUT2D eigenvalue weighted by molar-refractivity contribution is -0.229. The van der Waals surface area contributed by atoms with Gasteiger partial charge in [-0.15, -0.1) is 0 Å². The summed E-state index contributed by atoms with van der Waals surface area (Å²) in [5.74, 6) is 1.21. The minimum Gasteiger partial charge on any atom is -0.352 e. The van der Waals surface area contributed by atoms with Crippen LogP contribution in [0.15, 0.2) is 29.2 Å². The number of rotatable bonds is 6. The Morgan fingerprint density at radius 2 is 1.62 bits per heavy atom. The molecule has 3 rings (SSSR count). The standard InChI is InChI=1S/C20H30O5S/c1-3-16-12-23-20(24-13-16)18-8-6-17(7-9-18)14-25-26(21,22)19-10-4-15(2)5-11-19/h4-5,10-11,16-18,20H,3,6-9,12-14H2,1-2H3. The minimum atomic E-state index is -3.67. The molecule has 0 spiro atoms. The Kier molecular flexibility index (Phi) is 6.72. The van der Waals surface area contributed by atoms with Gasteiger partial charge in [0.2, 0.25) is 0 Å². The maximum atomic E-state index is 12.3. The third kappa shape index (κ3) is 5.06. The quantitative estimate of drug-likeness (QED) is 0.698. The maximum Gasteiger partial charge on any atom is 0.296 e. The van der Waals surface area contributed by atoms with E-state index in [4.69, 9.17) is 13.7 Å². The van der Waals surface area contributed by atoms with Crippen molar-refractivity contribution in [2.24, 2.45) is 17.8 Å². The molecule has 1 saturated heterocycles. The molecule has 2 aliphatic rings. The van der Waals surface area contributed by atoms with Crippen molar-refractivity contribution in [3.05, 3.63) is 29.8 Å². The van der Waals surface area contributed by atoms with Gasteiger partial charge in [-0.2, -0.15) is 8.42 Å². The molecule has 1 aliphatic heterocycles. The van der Waals surface area contributed by atoms with Gasteiger partial charge in [0.1, 0.15) is 0 Å². The molecule has 0 amide bonds. The third-order valence-electron chi connectivity index (χ3n) is 5.61. The molecule has 2 fully saturated rings. The monoisotopic (exact) mass is 382 g/mol. The van der Waals surface area contributed by atoms with E-state index < -0.39 is 10.1 Å². The fraction of sp³-hybridized carbons (Fsp3) is 0.700. The molecule has 0 aromatic heterocycles. The highest BCUT2D eigenvalue weighted by Gasteiger charge is 2.32.